The smallest absolute Gasteiger partial charge is 0.226 e. The molecule has 8 nitrogen and oxygen atoms in total. The topological polar surface area (TPSA) is 114 Å². The number of hydrogen-bond acceptors (Lipinski definition) is 7. The van der Waals surface area contributed by atoms with Crippen LogP contribution < -0.4 is 14.8 Å². The molecule has 1 amide bonds. The molecular weight excluding hydrogens is 562 g/mol. The van der Waals surface area contributed by atoms with Gasteiger partial charge in [-0.1, -0.05) is 64.5 Å². The predicted molar refractivity (Wildman–Crippen MR) is 146 cm³/mol. The lowest BCUT2D eigenvalue weighted by molar-refractivity contribution is -0.154. The Balaban J connectivity index is 1.57. The van der Waals surface area contributed by atoms with Gasteiger partial charge in [-0.3, -0.25) is 14.8 Å². The predicted octanol–water partition coefficient (Wildman–Crippen LogP) is 3.81. The quantitative estimate of drug-likeness (QED) is 0.314. The van der Waals surface area contributed by atoms with Crippen LogP contribution in [-0.4, -0.2) is 39.3 Å². The van der Waals surface area contributed by atoms with Crippen LogP contribution in [0.15, 0.2) is 96.0 Å². The second-order valence-electron chi connectivity index (χ2n) is 9.76. The first-order valence-corrected chi connectivity index (χ1v) is 13.3. The number of nitrogens with one attached hydrogen (secondary N) is 1. The highest BCUT2D eigenvalue weighted by atomic mass is 79.9. The van der Waals surface area contributed by atoms with E-state index in [1.807, 2.05) is 60.7 Å². The van der Waals surface area contributed by atoms with Crippen molar-refractivity contribution in [1.29, 1.82) is 0 Å². The highest BCUT2D eigenvalue weighted by Crippen LogP contribution is 2.69. The second-order valence-corrected chi connectivity index (χ2v) is 10.7. The summed E-state index contributed by atoms with van der Waals surface area (Å²) in [5, 5.41) is 27.8. The van der Waals surface area contributed by atoms with Crippen molar-refractivity contribution >= 4 is 21.8 Å². The Hall–Kier alpha value is -3.79. The number of carbonyl (C=O) groups excluding carboxylic acids is 1. The monoisotopic (exact) mass is 587 g/mol. The summed E-state index contributed by atoms with van der Waals surface area (Å²) in [4.78, 5) is 22.3. The van der Waals surface area contributed by atoms with Crippen molar-refractivity contribution in [3.63, 3.8) is 0 Å². The number of aliphatic hydroxyl groups excluding tert-OH is 1. The average molecular weight is 588 g/mol. The standard InChI is InChI=1S/C30H26BrN3O5/c1-38-22-16-33-17-23-26(22)29(37)27(35)24(28(36)34-15-18-6-5-13-32-14-18)25(19-7-3-2-4-8-19)30(29,39-23)20-9-11-21(31)12-10-20/h2-14,16-17,24-25,27,35,37H,15H2,1H3,(H,34,36)/t24-,25-,27?,29+,30+/m1/s1. The lowest BCUT2D eigenvalue weighted by atomic mass is 9.70. The van der Waals surface area contributed by atoms with E-state index in [-0.39, 0.29) is 23.6 Å². The molecule has 198 valence electrons. The van der Waals surface area contributed by atoms with E-state index in [0.717, 1.165) is 15.6 Å². The molecular formula is C30H26BrN3O5. The van der Waals surface area contributed by atoms with Crippen LogP contribution in [0.5, 0.6) is 11.5 Å². The second kappa shape index (κ2) is 9.75. The fraction of sp³-hybridized carbons (Fsp3) is 0.233. The number of ether oxygens (including phenoxy) is 2. The number of halogens is 1. The molecule has 9 heteroatoms. The number of carbonyl (C=O) groups is 1. The normalized spacial score (nSPS) is 26.8. The Kier molecular flexibility index (Phi) is 6.37. The molecule has 0 saturated heterocycles. The molecule has 4 aromatic rings. The molecule has 39 heavy (non-hydrogen) atoms. The van der Waals surface area contributed by atoms with E-state index in [2.05, 4.69) is 31.2 Å². The zero-order valence-electron chi connectivity index (χ0n) is 21.0. The molecule has 3 heterocycles. The van der Waals surface area contributed by atoms with Gasteiger partial charge in [0, 0.05) is 29.3 Å². The van der Waals surface area contributed by atoms with Gasteiger partial charge in [-0.05, 0) is 34.9 Å². The third-order valence-electron chi connectivity index (χ3n) is 7.80. The molecule has 1 fully saturated rings. The molecule has 1 aliphatic carbocycles. The first-order valence-electron chi connectivity index (χ1n) is 12.5. The summed E-state index contributed by atoms with van der Waals surface area (Å²) in [6.45, 7) is 0.214. The summed E-state index contributed by atoms with van der Waals surface area (Å²) in [6, 6.07) is 20.4. The van der Waals surface area contributed by atoms with Crippen molar-refractivity contribution in [3.8, 4) is 11.5 Å². The summed E-state index contributed by atoms with van der Waals surface area (Å²) in [5.74, 6) is -1.74. The van der Waals surface area contributed by atoms with Gasteiger partial charge in [0.05, 0.1) is 31.0 Å². The van der Waals surface area contributed by atoms with Crippen LogP contribution in [0.25, 0.3) is 0 Å². The highest BCUT2D eigenvalue weighted by molar-refractivity contribution is 9.10. The largest absolute Gasteiger partial charge is 0.495 e. The van der Waals surface area contributed by atoms with Gasteiger partial charge >= 0.3 is 0 Å². The lowest BCUT2D eigenvalue weighted by Crippen LogP contribution is -2.52. The number of rotatable bonds is 6. The molecule has 5 atom stereocenters. The van der Waals surface area contributed by atoms with Crippen molar-refractivity contribution in [2.45, 2.75) is 29.8 Å². The summed E-state index contributed by atoms with van der Waals surface area (Å²) >= 11 is 3.49. The van der Waals surface area contributed by atoms with E-state index < -0.39 is 35.0 Å². The SMILES string of the molecule is COc1cncc2c1[C@]1(O)C(O)[C@H](C(=O)NCc3cccnc3)[C@@H](c3ccccc3)[C@]1(c1ccc(Br)cc1)O2. The summed E-state index contributed by atoms with van der Waals surface area (Å²) in [7, 11) is 1.47. The van der Waals surface area contributed by atoms with E-state index in [1.54, 1.807) is 18.5 Å². The fourth-order valence-electron chi connectivity index (χ4n) is 6.19. The van der Waals surface area contributed by atoms with E-state index in [0.29, 0.717) is 5.56 Å². The van der Waals surface area contributed by atoms with Crippen LogP contribution >= 0.6 is 15.9 Å². The molecule has 2 aromatic heterocycles. The van der Waals surface area contributed by atoms with E-state index in [4.69, 9.17) is 9.47 Å². The number of aliphatic hydroxyl groups is 2. The fourth-order valence-corrected chi connectivity index (χ4v) is 6.46. The minimum Gasteiger partial charge on any atom is -0.495 e. The van der Waals surface area contributed by atoms with Crippen molar-refractivity contribution in [2.24, 2.45) is 5.92 Å². The zero-order chi connectivity index (χ0) is 27.2. The third-order valence-corrected chi connectivity index (χ3v) is 8.33. The molecule has 2 aromatic carbocycles. The molecule has 1 saturated carbocycles. The minimum atomic E-state index is -2.05. The van der Waals surface area contributed by atoms with Gasteiger partial charge in [-0.15, -0.1) is 0 Å². The van der Waals surface area contributed by atoms with Crippen molar-refractivity contribution < 1.29 is 24.5 Å². The molecule has 0 spiro atoms. The summed E-state index contributed by atoms with van der Waals surface area (Å²) < 4.78 is 13.1. The van der Waals surface area contributed by atoms with Gasteiger partial charge < -0.3 is 25.0 Å². The molecule has 0 radical (unpaired) electrons. The first kappa shape index (κ1) is 25.5. The van der Waals surface area contributed by atoms with Gasteiger partial charge in [-0.2, -0.15) is 0 Å². The minimum absolute atomic E-state index is 0.214. The Labute approximate surface area is 233 Å². The van der Waals surface area contributed by atoms with Crippen molar-refractivity contribution in [2.75, 3.05) is 7.11 Å². The molecule has 1 unspecified atom stereocenters. The molecule has 2 aliphatic rings. The van der Waals surface area contributed by atoms with Crippen molar-refractivity contribution in [3.05, 3.63) is 118 Å². The van der Waals surface area contributed by atoms with E-state index >= 15 is 0 Å². The van der Waals surface area contributed by atoms with E-state index in [1.165, 1.54) is 19.5 Å². The number of nitrogens with zero attached hydrogens (tertiary/aromatic N) is 2. The molecule has 1 aliphatic heterocycles. The van der Waals surface area contributed by atoms with Crippen molar-refractivity contribution in [1.82, 2.24) is 15.3 Å². The maximum absolute atomic E-state index is 14.0. The Morgan fingerprint density at radius 2 is 1.82 bits per heavy atom. The van der Waals surface area contributed by atoms with Crippen LogP contribution in [0.4, 0.5) is 0 Å². The van der Waals surface area contributed by atoms with Crippen LogP contribution in [0.2, 0.25) is 0 Å². The summed E-state index contributed by atoms with van der Waals surface area (Å²) in [5.41, 5.74) is -1.23. The zero-order valence-corrected chi connectivity index (χ0v) is 22.6. The Morgan fingerprint density at radius 1 is 1.05 bits per heavy atom. The number of benzene rings is 2. The number of fused-ring (bicyclic) bond motifs is 3. The number of aromatic nitrogens is 2. The average Bonchev–Trinajstić information content (AvgIpc) is 3.35. The maximum Gasteiger partial charge on any atom is 0.226 e. The van der Waals surface area contributed by atoms with Crippen LogP contribution in [0, 0.1) is 5.92 Å². The Morgan fingerprint density at radius 3 is 2.51 bits per heavy atom. The summed E-state index contributed by atoms with van der Waals surface area (Å²) in [6.07, 6.45) is 4.74. The first-order chi connectivity index (χ1) is 18.9. The maximum atomic E-state index is 14.0. The third kappa shape index (κ3) is 3.76. The van der Waals surface area contributed by atoms with Crippen LogP contribution in [0.3, 0.4) is 0 Å². The van der Waals surface area contributed by atoms with Gasteiger partial charge in [0.25, 0.3) is 0 Å². The number of amides is 1. The number of methoxy groups -OCH3 is 1. The lowest BCUT2D eigenvalue weighted by Gasteiger charge is -2.40. The van der Waals surface area contributed by atoms with Gasteiger partial charge in [0.2, 0.25) is 5.91 Å². The molecule has 0 bridgehead atoms. The van der Waals surface area contributed by atoms with Gasteiger partial charge in [0.1, 0.15) is 17.6 Å². The van der Waals surface area contributed by atoms with Gasteiger partial charge in [0.15, 0.2) is 11.2 Å². The van der Waals surface area contributed by atoms with E-state index in [9.17, 15) is 15.0 Å². The highest BCUT2D eigenvalue weighted by Gasteiger charge is 2.78. The number of pyridine rings is 2. The molecule has 3 N–H and O–H groups in total. The molecule has 6 rings (SSSR count). The van der Waals surface area contributed by atoms with Crippen LogP contribution in [-0.2, 0) is 22.5 Å². The Bertz CT molecular complexity index is 1500. The number of hydrogen-bond donors (Lipinski definition) is 3. The van der Waals surface area contributed by atoms with Crippen LogP contribution in [0.1, 0.15) is 28.2 Å². The van der Waals surface area contributed by atoms with Gasteiger partial charge in [-0.25, -0.2) is 0 Å².